The van der Waals surface area contributed by atoms with E-state index in [4.69, 9.17) is 4.52 Å². The molecule has 28 heavy (non-hydrogen) atoms. The van der Waals surface area contributed by atoms with E-state index < -0.39 is 10.0 Å². The molecule has 2 aromatic heterocycles. The van der Waals surface area contributed by atoms with Crippen LogP contribution in [0, 0.1) is 20.8 Å². The van der Waals surface area contributed by atoms with Gasteiger partial charge in [-0.25, -0.2) is 8.42 Å². The van der Waals surface area contributed by atoms with Gasteiger partial charge in [0.15, 0.2) is 5.76 Å². The summed E-state index contributed by atoms with van der Waals surface area (Å²) in [6.45, 7) is 7.98. The number of thiophene rings is 1. The lowest BCUT2D eigenvalue weighted by molar-refractivity contribution is 0.385. The Kier molecular flexibility index (Phi) is 5.03. The van der Waals surface area contributed by atoms with Crippen LogP contribution in [0.5, 0.6) is 0 Å². The molecule has 1 aliphatic rings. The second-order valence-electron chi connectivity index (χ2n) is 6.98. The molecule has 8 heteroatoms. The molecule has 0 unspecified atom stereocenters. The topological polar surface area (TPSA) is 66.7 Å². The lowest BCUT2D eigenvalue weighted by atomic mass is 10.2. The van der Waals surface area contributed by atoms with Crippen molar-refractivity contribution in [2.45, 2.75) is 25.7 Å². The largest absolute Gasteiger partial charge is 0.369 e. The van der Waals surface area contributed by atoms with Crippen LogP contribution in [-0.2, 0) is 10.0 Å². The molecule has 0 amide bonds. The van der Waals surface area contributed by atoms with Crippen molar-refractivity contribution in [3.8, 4) is 10.6 Å². The minimum atomic E-state index is -3.54. The molecule has 0 bridgehead atoms. The first kappa shape index (κ1) is 19.2. The van der Waals surface area contributed by atoms with E-state index in [9.17, 15) is 8.42 Å². The highest BCUT2D eigenvalue weighted by atomic mass is 32.2. The van der Waals surface area contributed by atoms with Gasteiger partial charge in [0.2, 0.25) is 10.0 Å². The van der Waals surface area contributed by atoms with E-state index in [1.807, 2.05) is 39.0 Å². The highest BCUT2D eigenvalue weighted by Gasteiger charge is 2.31. The van der Waals surface area contributed by atoms with Gasteiger partial charge in [-0.05, 0) is 39.0 Å². The van der Waals surface area contributed by atoms with Crippen molar-refractivity contribution in [3.63, 3.8) is 0 Å². The number of para-hydroxylation sites is 1. The molecule has 1 aromatic carbocycles. The number of anilines is 1. The summed E-state index contributed by atoms with van der Waals surface area (Å²) in [5.74, 6) is 0.654. The molecule has 0 spiro atoms. The van der Waals surface area contributed by atoms with Crippen LogP contribution >= 0.6 is 11.3 Å². The number of benzene rings is 1. The standard InChI is InChI=1S/C20H23N3O3S2/c1-14-15(2)21-26-20(14)18-13-19(16(3)27-18)28(24,25)23-11-9-22(10-12-23)17-7-5-4-6-8-17/h4-8,13H,9-12H2,1-3H3. The van der Waals surface area contributed by atoms with Gasteiger partial charge in [-0.3, -0.25) is 0 Å². The number of hydrogen-bond acceptors (Lipinski definition) is 6. The molecule has 1 saturated heterocycles. The SMILES string of the molecule is Cc1noc(-c2cc(S(=O)(=O)N3CCN(c4ccccc4)CC3)c(C)s2)c1C. The molecule has 3 aromatic rings. The van der Waals surface area contributed by atoms with Crippen molar-refractivity contribution in [2.75, 3.05) is 31.1 Å². The number of aryl methyl sites for hydroxylation is 2. The van der Waals surface area contributed by atoms with Crippen molar-refractivity contribution < 1.29 is 12.9 Å². The number of aromatic nitrogens is 1. The van der Waals surface area contributed by atoms with E-state index in [0.717, 1.165) is 26.7 Å². The molecule has 1 aliphatic heterocycles. The summed E-state index contributed by atoms with van der Waals surface area (Å²) in [5.41, 5.74) is 2.90. The zero-order chi connectivity index (χ0) is 19.9. The van der Waals surface area contributed by atoms with Crippen molar-refractivity contribution in [2.24, 2.45) is 0 Å². The normalized spacial score (nSPS) is 15.9. The smallest absolute Gasteiger partial charge is 0.244 e. The average Bonchev–Trinajstić information content (AvgIpc) is 3.25. The van der Waals surface area contributed by atoms with Crippen LogP contribution in [0.4, 0.5) is 5.69 Å². The Bertz CT molecular complexity index is 1080. The molecule has 4 rings (SSSR count). The fourth-order valence-electron chi connectivity index (χ4n) is 3.44. The maximum Gasteiger partial charge on any atom is 0.244 e. The Labute approximate surface area is 169 Å². The summed E-state index contributed by atoms with van der Waals surface area (Å²) < 4.78 is 33.5. The van der Waals surface area contributed by atoms with E-state index in [1.165, 1.54) is 11.3 Å². The van der Waals surface area contributed by atoms with E-state index in [-0.39, 0.29) is 0 Å². The van der Waals surface area contributed by atoms with Crippen LogP contribution in [-0.4, -0.2) is 44.1 Å². The van der Waals surface area contributed by atoms with Gasteiger partial charge in [-0.2, -0.15) is 4.31 Å². The van der Waals surface area contributed by atoms with Crippen LogP contribution in [0.25, 0.3) is 10.6 Å². The molecular formula is C20H23N3O3S2. The molecule has 0 saturated carbocycles. The Balaban J connectivity index is 1.55. The molecule has 0 radical (unpaired) electrons. The van der Waals surface area contributed by atoms with Crippen LogP contribution in [0.2, 0.25) is 0 Å². The third-order valence-electron chi connectivity index (χ3n) is 5.23. The van der Waals surface area contributed by atoms with Crippen LogP contribution in [0.1, 0.15) is 16.1 Å². The summed E-state index contributed by atoms with van der Waals surface area (Å²) in [6.07, 6.45) is 0. The lowest BCUT2D eigenvalue weighted by Crippen LogP contribution is -2.48. The minimum absolute atomic E-state index is 0.370. The van der Waals surface area contributed by atoms with E-state index in [0.29, 0.717) is 36.8 Å². The number of hydrogen-bond donors (Lipinski definition) is 0. The van der Waals surface area contributed by atoms with Gasteiger partial charge in [0, 0.05) is 42.3 Å². The number of rotatable bonds is 4. The summed E-state index contributed by atoms with van der Waals surface area (Å²) in [4.78, 5) is 4.17. The molecule has 0 N–H and O–H groups in total. The first-order valence-electron chi connectivity index (χ1n) is 9.22. The lowest BCUT2D eigenvalue weighted by Gasteiger charge is -2.35. The predicted octanol–water partition coefficient (Wildman–Crippen LogP) is 3.84. The molecule has 0 aliphatic carbocycles. The van der Waals surface area contributed by atoms with Gasteiger partial charge < -0.3 is 9.42 Å². The molecule has 6 nitrogen and oxygen atoms in total. The zero-order valence-electron chi connectivity index (χ0n) is 16.2. The Morgan fingerprint density at radius 2 is 1.71 bits per heavy atom. The molecule has 1 fully saturated rings. The quantitative estimate of drug-likeness (QED) is 0.645. The summed E-state index contributed by atoms with van der Waals surface area (Å²) in [5, 5.41) is 3.99. The van der Waals surface area contributed by atoms with Gasteiger partial charge in [0.05, 0.1) is 15.5 Å². The maximum atomic E-state index is 13.3. The monoisotopic (exact) mass is 417 g/mol. The zero-order valence-corrected chi connectivity index (χ0v) is 17.8. The summed E-state index contributed by atoms with van der Waals surface area (Å²) >= 11 is 1.43. The Morgan fingerprint density at radius 3 is 2.32 bits per heavy atom. The second kappa shape index (κ2) is 7.35. The molecule has 0 atom stereocenters. The summed E-state index contributed by atoms with van der Waals surface area (Å²) in [6, 6.07) is 11.8. The number of nitrogens with zero attached hydrogens (tertiary/aromatic N) is 3. The van der Waals surface area contributed by atoms with Gasteiger partial charge in [0.25, 0.3) is 0 Å². The van der Waals surface area contributed by atoms with Gasteiger partial charge >= 0.3 is 0 Å². The molecular weight excluding hydrogens is 394 g/mol. The number of piperazine rings is 1. The maximum absolute atomic E-state index is 13.3. The summed E-state index contributed by atoms with van der Waals surface area (Å²) in [7, 11) is -3.54. The van der Waals surface area contributed by atoms with Crippen molar-refractivity contribution >= 4 is 27.0 Å². The van der Waals surface area contributed by atoms with E-state index in [1.54, 1.807) is 10.4 Å². The highest BCUT2D eigenvalue weighted by molar-refractivity contribution is 7.89. The minimum Gasteiger partial charge on any atom is -0.369 e. The fourth-order valence-corrected chi connectivity index (χ4v) is 6.46. The Morgan fingerprint density at radius 1 is 1.04 bits per heavy atom. The first-order chi connectivity index (χ1) is 13.4. The van der Waals surface area contributed by atoms with Gasteiger partial charge in [-0.1, -0.05) is 23.4 Å². The van der Waals surface area contributed by atoms with Crippen LogP contribution in [0.15, 0.2) is 45.8 Å². The first-order valence-corrected chi connectivity index (χ1v) is 11.5. The van der Waals surface area contributed by atoms with Crippen molar-refractivity contribution in [3.05, 3.63) is 52.5 Å². The molecule has 148 valence electrons. The van der Waals surface area contributed by atoms with Crippen molar-refractivity contribution in [1.82, 2.24) is 9.46 Å². The van der Waals surface area contributed by atoms with Crippen molar-refractivity contribution in [1.29, 1.82) is 0 Å². The van der Waals surface area contributed by atoms with Gasteiger partial charge in [-0.15, -0.1) is 11.3 Å². The third kappa shape index (κ3) is 3.36. The second-order valence-corrected chi connectivity index (χ2v) is 10.1. The van der Waals surface area contributed by atoms with E-state index >= 15 is 0 Å². The van der Waals surface area contributed by atoms with E-state index in [2.05, 4.69) is 22.2 Å². The van der Waals surface area contributed by atoms with Crippen LogP contribution < -0.4 is 4.90 Å². The highest BCUT2D eigenvalue weighted by Crippen LogP contribution is 2.37. The number of sulfonamides is 1. The predicted molar refractivity (Wildman–Crippen MR) is 111 cm³/mol. The molecule has 3 heterocycles. The third-order valence-corrected chi connectivity index (χ3v) is 8.43. The average molecular weight is 418 g/mol. The Hall–Kier alpha value is -2.16. The fraction of sp³-hybridized carbons (Fsp3) is 0.350. The van der Waals surface area contributed by atoms with Crippen LogP contribution in [0.3, 0.4) is 0 Å². The van der Waals surface area contributed by atoms with Gasteiger partial charge in [0.1, 0.15) is 0 Å².